The Morgan fingerprint density at radius 1 is 1.50 bits per heavy atom. The number of nitrogens with two attached hydrogens (primary N) is 1. The molecule has 50 valence electrons. The zero-order valence-electron chi connectivity index (χ0n) is 4.71. The Morgan fingerprint density at radius 3 is 2.12 bits per heavy atom. The fourth-order valence-electron chi connectivity index (χ4n) is 0.821. The first-order valence-electron chi connectivity index (χ1n) is 2.71. The molecule has 0 spiro atoms. The fraction of sp³-hybridized carbons (Fsp3) is 1.00. The lowest BCUT2D eigenvalue weighted by Gasteiger charge is -2.31. The predicted molar refractivity (Wildman–Crippen MR) is 35.0 cm³/mol. The van der Waals surface area contributed by atoms with E-state index in [1.54, 1.807) is 0 Å². The summed E-state index contributed by atoms with van der Waals surface area (Å²) in [5.74, 6) is 0.417. The van der Waals surface area contributed by atoms with E-state index in [2.05, 4.69) is 0 Å². The maximum Gasteiger partial charge on any atom is 0.0474 e. The average Bonchev–Trinajstić information content (AvgIpc) is 1.65. The van der Waals surface area contributed by atoms with Gasteiger partial charge in [0.2, 0.25) is 0 Å². The summed E-state index contributed by atoms with van der Waals surface area (Å²) in [4.78, 5) is 0. The number of rotatable bonds is 1. The van der Waals surface area contributed by atoms with Gasteiger partial charge in [-0.15, -0.1) is 12.4 Å². The largest absolute Gasteiger partial charge is 0.396 e. The summed E-state index contributed by atoms with van der Waals surface area (Å²) in [6.07, 6.45) is 2.23. The quantitative estimate of drug-likeness (QED) is 0.540. The number of hydrogen-bond donors (Lipinski definition) is 2. The van der Waals surface area contributed by atoms with Crippen LogP contribution in [0, 0.1) is 5.92 Å². The molecule has 1 fully saturated rings. The Morgan fingerprint density at radius 2 is 2.12 bits per heavy atom. The topological polar surface area (TPSA) is 46.2 Å². The Hall–Kier alpha value is 0.210. The van der Waals surface area contributed by atoms with Gasteiger partial charge in [-0.05, 0) is 18.8 Å². The van der Waals surface area contributed by atoms with Gasteiger partial charge in [0, 0.05) is 12.6 Å². The smallest absolute Gasteiger partial charge is 0.0474 e. The van der Waals surface area contributed by atoms with Gasteiger partial charge >= 0.3 is 0 Å². The molecule has 0 saturated heterocycles. The van der Waals surface area contributed by atoms with Crippen LogP contribution < -0.4 is 5.73 Å². The highest BCUT2D eigenvalue weighted by Crippen LogP contribution is 2.23. The van der Waals surface area contributed by atoms with Gasteiger partial charge in [-0.3, -0.25) is 0 Å². The van der Waals surface area contributed by atoms with Gasteiger partial charge in [0.25, 0.3) is 0 Å². The highest BCUT2D eigenvalue weighted by atomic mass is 35.5. The van der Waals surface area contributed by atoms with Crippen LogP contribution in [0.15, 0.2) is 0 Å². The van der Waals surface area contributed by atoms with Crippen LogP contribution in [0.5, 0.6) is 0 Å². The van der Waals surface area contributed by atoms with E-state index in [9.17, 15) is 0 Å². The normalized spacial score (nSPS) is 35.2. The second-order valence-electron chi connectivity index (χ2n) is 2.18. The van der Waals surface area contributed by atoms with Crippen LogP contribution in [0.4, 0.5) is 0 Å². The van der Waals surface area contributed by atoms with Crippen molar-refractivity contribution in [2.24, 2.45) is 11.7 Å². The van der Waals surface area contributed by atoms with Gasteiger partial charge in [-0.2, -0.15) is 0 Å². The Balaban J connectivity index is 0.000000490. The van der Waals surface area contributed by atoms with Crippen LogP contribution in [0.3, 0.4) is 0 Å². The summed E-state index contributed by atoms with van der Waals surface area (Å²) >= 11 is 0. The molecule has 0 aliphatic heterocycles. The molecule has 1 rings (SSSR count). The maximum atomic E-state index is 8.48. The van der Waals surface area contributed by atoms with Crippen molar-refractivity contribution < 1.29 is 5.11 Å². The van der Waals surface area contributed by atoms with Crippen LogP contribution in [-0.4, -0.2) is 17.8 Å². The van der Waals surface area contributed by atoms with Crippen molar-refractivity contribution in [3.05, 3.63) is 0 Å². The van der Waals surface area contributed by atoms with Crippen molar-refractivity contribution >= 4 is 12.4 Å². The van der Waals surface area contributed by atoms with Crippen LogP contribution in [-0.2, 0) is 0 Å². The van der Waals surface area contributed by atoms with E-state index >= 15 is 0 Å². The molecular weight excluding hydrogens is 126 g/mol. The summed E-state index contributed by atoms with van der Waals surface area (Å²) in [5, 5.41) is 8.48. The van der Waals surface area contributed by atoms with Gasteiger partial charge in [0.15, 0.2) is 0 Å². The van der Waals surface area contributed by atoms with E-state index in [1.165, 1.54) is 0 Å². The van der Waals surface area contributed by atoms with Crippen LogP contribution in [0.25, 0.3) is 0 Å². The summed E-state index contributed by atoms with van der Waals surface area (Å²) in [6.45, 7) is 0.279. The van der Waals surface area contributed by atoms with E-state index in [0.29, 0.717) is 12.0 Å². The molecule has 0 aromatic heterocycles. The Labute approximate surface area is 55.5 Å². The lowest BCUT2D eigenvalue weighted by Crippen LogP contribution is -2.41. The van der Waals surface area contributed by atoms with Gasteiger partial charge in [-0.25, -0.2) is 0 Å². The van der Waals surface area contributed by atoms with Crippen molar-refractivity contribution in [3.8, 4) is 0 Å². The SMILES string of the molecule is Cl.N[C@H]1CC[C@H]1CO. The third-order valence-corrected chi connectivity index (χ3v) is 1.71. The lowest BCUT2D eigenvalue weighted by atomic mass is 9.81. The molecule has 2 atom stereocenters. The lowest BCUT2D eigenvalue weighted by molar-refractivity contribution is 0.138. The zero-order valence-corrected chi connectivity index (χ0v) is 5.53. The summed E-state index contributed by atoms with van der Waals surface area (Å²) in [6, 6.07) is 0.296. The second kappa shape index (κ2) is 3.28. The van der Waals surface area contributed by atoms with Crippen LogP contribution in [0.1, 0.15) is 12.8 Å². The molecule has 3 N–H and O–H groups in total. The standard InChI is InChI=1S/C5H11NO.ClH/c6-5-2-1-4(5)3-7;/h4-5,7H,1-3,6H2;1H/t4-,5-;/m0./s1. The first-order valence-corrected chi connectivity index (χ1v) is 2.71. The Kier molecular flexibility index (Phi) is 3.36. The third-order valence-electron chi connectivity index (χ3n) is 1.71. The van der Waals surface area contributed by atoms with E-state index in [4.69, 9.17) is 10.8 Å². The van der Waals surface area contributed by atoms with Crippen molar-refractivity contribution in [3.63, 3.8) is 0 Å². The van der Waals surface area contributed by atoms with Crippen molar-refractivity contribution in [2.45, 2.75) is 18.9 Å². The molecule has 3 heteroatoms. The molecule has 1 saturated carbocycles. The maximum absolute atomic E-state index is 8.48. The number of aliphatic hydroxyl groups excluding tert-OH is 1. The minimum Gasteiger partial charge on any atom is -0.396 e. The molecule has 2 nitrogen and oxygen atoms in total. The molecule has 0 amide bonds. The van der Waals surface area contributed by atoms with E-state index in [0.717, 1.165) is 12.8 Å². The third kappa shape index (κ3) is 1.34. The zero-order chi connectivity index (χ0) is 5.28. The molecule has 1 aliphatic rings. The molecule has 0 aromatic rings. The second-order valence-corrected chi connectivity index (χ2v) is 2.18. The molecule has 0 radical (unpaired) electrons. The highest BCUT2D eigenvalue weighted by Gasteiger charge is 2.25. The fourth-order valence-corrected chi connectivity index (χ4v) is 0.821. The molecule has 0 aromatic carbocycles. The minimum absolute atomic E-state index is 0. The number of hydrogen-bond acceptors (Lipinski definition) is 2. The summed E-state index contributed by atoms with van der Waals surface area (Å²) in [5.41, 5.74) is 5.47. The van der Waals surface area contributed by atoms with Crippen molar-refractivity contribution in [2.75, 3.05) is 6.61 Å². The minimum atomic E-state index is 0. The molecule has 0 unspecified atom stereocenters. The monoisotopic (exact) mass is 137 g/mol. The molecule has 0 bridgehead atoms. The highest BCUT2D eigenvalue weighted by molar-refractivity contribution is 5.85. The van der Waals surface area contributed by atoms with E-state index in [1.807, 2.05) is 0 Å². The summed E-state index contributed by atoms with van der Waals surface area (Å²) < 4.78 is 0. The van der Waals surface area contributed by atoms with Gasteiger partial charge < -0.3 is 10.8 Å². The average molecular weight is 138 g/mol. The van der Waals surface area contributed by atoms with Gasteiger partial charge in [-0.1, -0.05) is 0 Å². The van der Waals surface area contributed by atoms with E-state index < -0.39 is 0 Å². The number of halogens is 1. The molecule has 1 aliphatic carbocycles. The first-order chi connectivity index (χ1) is 3.34. The Bertz CT molecular complexity index is 67.4. The van der Waals surface area contributed by atoms with Gasteiger partial charge in [0.05, 0.1) is 0 Å². The molecular formula is C5H12ClNO. The van der Waals surface area contributed by atoms with Crippen molar-refractivity contribution in [1.82, 2.24) is 0 Å². The molecule has 8 heavy (non-hydrogen) atoms. The number of aliphatic hydroxyl groups is 1. The predicted octanol–water partition coefficient (Wildman–Crippen LogP) is 0.138. The van der Waals surface area contributed by atoms with E-state index in [-0.39, 0.29) is 19.0 Å². The van der Waals surface area contributed by atoms with Gasteiger partial charge in [0.1, 0.15) is 0 Å². The first kappa shape index (κ1) is 8.21. The van der Waals surface area contributed by atoms with Crippen molar-refractivity contribution in [1.29, 1.82) is 0 Å². The summed E-state index contributed by atoms with van der Waals surface area (Å²) in [7, 11) is 0. The van der Waals surface area contributed by atoms with Crippen LogP contribution >= 0.6 is 12.4 Å². The van der Waals surface area contributed by atoms with Crippen LogP contribution in [0.2, 0.25) is 0 Å². The molecule has 0 heterocycles.